The van der Waals surface area contributed by atoms with E-state index in [4.69, 9.17) is 18.0 Å². The number of phenols is 1. The van der Waals surface area contributed by atoms with E-state index in [-0.39, 0.29) is 42.7 Å². The van der Waals surface area contributed by atoms with Gasteiger partial charge in [0.25, 0.3) is 5.91 Å². The van der Waals surface area contributed by atoms with Crippen molar-refractivity contribution in [2.24, 2.45) is 17.6 Å². The van der Waals surface area contributed by atoms with Crippen molar-refractivity contribution < 1.29 is 34.8 Å². The van der Waals surface area contributed by atoms with Crippen LogP contribution < -0.4 is 16.0 Å². The molecule has 10 nitrogen and oxygen atoms in total. The average molecular weight is 502 g/mol. The quantitative estimate of drug-likeness (QED) is 0.259. The minimum absolute atomic E-state index is 0.0216. The standard InChI is InChI=1S/C24H27N3O7S/c1-9(35)26-8-11-6-14(27(2)3)13-5-10-4-12-7-15(28)18(23(25)33)22(32)24(12,34)21(31)16(10)20(30)17(13)19(11)29/h6,10,12,28-29,31,34H,4-5,7-8H2,1-3H3,(H2,25,33)(H,26,35)/t10-,12+,24+/m1/s1. The van der Waals surface area contributed by atoms with Crippen molar-refractivity contribution in [3.05, 3.63) is 45.4 Å². The predicted octanol–water partition coefficient (Wildman–Crippen LogP) is 1.08. The van der Waals surface area contributed by atoms with Gasteiger partial charge in [0.15, 0.2) is 11.4 Å². The summed E-state index contributed by atoms with van der Waals surface area (Å²) in [6.07, 6.45) is 0.0715. The summed E-state index contributed by atoms with van der Waals surface area (Å²) in [5.41, 5.74) is 3.32. The summed E-state index contributed by atoms with van der Waals surface area (Å²) in [6.45, 7) is 1.84. The summed E-state index contributed by atoms with van der Waals surface area (Å²) in [5.74, 6) is -6.43. The highest BCUT2D eigenvalue weighted by Crippen LogP contribution is 2.52. The number of nitrogens with one attached hydrogen (secondary N) is 1. The Morgan fingerprint density at radius 3 is 2.49 bits per heavy atom. The summed E-state index contributed by atoms with van der Waals surface area (Å²) in [6, 6.07) is 1.76. The van der Waals surface area contributed by atoms with Gasteiger partial charge >= 0.3 is 0 Å². The Labute approximate surface area is 206 Å². The molecule has 4 rings (SSSR count). The molecule has 1 aromatic carbocycles. The van der Waals surface area contributed by atoms with Crippen LogP contribution in [0, 0.1) is 11.8 Å². The van der Waals surface area contributed by atoms with Crippen LogP contribution in [-0.4, -0.2) is 62.6 Å². The lowest BCUT2D eigenvalue weighted by Gasteiger charge is -2.46. The Bertz CT molecular complexity index is 1270. The first-order chi connectivity index (χ1) is 16.3. The molecule has 0 aliphatic heterocycles. The molecule has 0 spiro atoms. The summed E-state index contributed by atoms with van der Waals surface area (Å²) in [4.78, 5) is 40.8. The fourth-order valence-electron chi connectivity index (χ4n) is 5.48. The van der Waals surface area contributed by atoms with Crippen LogP contribution in [0.2, 0.25) is 0 Å². The van der Waals surface area contributed by atoms with Gasteiger partial charge in [-0.1, -0.05) is 12.2 Å². The number of thiocarbonyl (C=S) groups is 1. The number of carbonyl (C=O) groups is 3. The molecule has 3 aliphatic rings. The van der Waals surface area contributed by atoms with E-state index in [1.54, 1.807) is 27.1 Å². The van der Waals surface area contributed by atoms with Gasteiger partial charge in [-0.3, -0.25) is 14.4 Å². The Balaban J connectivity index is 1.90. The van der Waals surface area contributed by atoms with Crippen LogP contribution >= 0.6 is 12.2 Å². The fourth-order valence-corrected chi connectivity index (χ4v) is 5.55. The number of anilines is 1. The molecule has 1 aromatic rings. The molecule has 0 unspecified atom stereocenters. The van der Waals surface area contributed by atoms with Gasteiger partial charge in [-0.25, -0.2) is 0 Å². The van der Waals surface area contributed by atoms with Crippen LogP contribution in [0.5, 0.6) is 5.75 Å². The second kappa shape index (κ2) is 8.35. The number of hydrogen-bond acceptors (Lipinski definition) is 9. The van der Waals surface area contributed by atoms with Gasteiger partial charge in [-0.15, -0.1) is 0 Å². The summed E-state index contributed by atoms with van der Waals surface area (Å²) < 4.78 is 0. The number of ketones is 2. The Morgan fingerprint density at radius 2 is 1.91 bits per heavy atom. The van der Waals surface area contributed by atoms with Crippen LogP contribution in [0.25, 0.3) is 0 Å². The number of nitrogens with two attached hydrogens (primary N) is 1. The number of nitrogens with zero attached hydrogens (tertiary/aromatic N) is 1. The molecule has 3 atom stereocenters. The molecule has 0 saturated carbocycles. The van der Waals surface area contributed by atoms with Crippen molar-refractivity contribution in [1.82, 2.24) is 5.32 Å². The third-order valence-corrected chi connectivity index (χ3v) is 7.27. The number of aliphatic hydroxyl groups excluding tert-OH is 2. The molecule has 3 aliphatic carbocycles. The highest BCUT2D eigenvalue weighted by Gasteiger charge is 2.59. The normalized spacial score (nSPS) is 25.6. The Hall–Kier alpha value is -3.44. The van der Waals surface area contributed by atoms with E-state index in [2.05, 4.69) is 5.32 Å². The lowest BCUT2D eigenvalue weighted by Crippen LogP contribution is -2.57. The van der Waals surface area contributed by atoms with Crippen molar-refractivity contribution >= 4 is 40.4 Å². The maximum Gasteiger partial charge on any atom is 0.255 e. The lowest BCUT2D eigenvalue weighted by atomic mass is 9.60. The molecule has 1 amide bonds. The van der Waals surface area contributed by atoms with Crippen LogP contribution in [0.4, 0.5) is 5.69 Å². The van der Waals surface area contributed by atoms with E-state index >= 15 is 0 Å². The first kappa shape index (κ1) is 24.7. The third-order valence-electron chi connectivity index (χ3n) is 7.13. The molecule has 186 valence electrons. The van der Waals surface area contributed by atoms with E-state index in [9.17, 15) is 34.8 Å². The predicted molar refractivity (Wildman–Crippen MR) is 130 cm³/mol. The molecule has 7 N–H and O–H groups in total. The van der Waals surface area contributed by atoms with Crippen LogP contribution in [-0.2, 0) is 22.6 Å². The molecule has 0 fully saturated rings. The number of amides is 1. The van der Waals surface area contributed by atoms with Gasteiger partial charge in [0.2, 0.25) is 5.78 Å². The van der Waals surface area contributed by atoms with E-state index in [1.807, 2.05) is 4.90 Å². The zero-order valence-electron chi connectivity index (χ0n) is 19.5. The number of phenolic OH excluding ortho intramolecular Hbond substituents is 1. The second-order valence-electron chi connectivity index (χ2n) is 9.47. The van der Waals surface area contributed by atoms with Gasteiger partial charge in [0, 0.05) is 49.8 Å². The SMILES string of the molecule is CC(=S)NCc1cc(N(C)C)c2c(c1O)C(=O)C1=C(O)[C@]3(O)C(=O)C(C(N)=O)=C(O)C[C@@H]3C[C@@H]1C2. The van der Waals surface area contributed by atoms with Crippen LogP contribution in [0.15, 0.2) is 28.7 Å². The molecular weight excluding hydrogens is 474 g/mol. The van der Waals surface area contributed by atoms with Gasteiger partial charge in [0.1, 0.15) is 22.8 Å². The van der Waals surface area contributed by atoms with Crippen LogP contribution in [0.1, 0.15) is 41.3 Å². The number of primary amides is 1. The monoisotopic (exact) mass is 501 g/mol. The maximum absolute atomic E-state index is 13.7. The van der Waals surface area contributed by atoms with Crippen molar-refractivity contribution in [3.8, 4) is 5.75 Å². The topological polar surface area (TPSA) is 173 Å². The smallest absolute Gasteiger partial charge is 0.255 e. The van der Waals surface area contributed by atoms with Crippen molar-refractivity contribution in [2.45, 2.75) is 38.3 Å². The molecule has 35 heavy (non-hydrogen) atoms. The number of carbonyl (C=O) groups excluding carboxylic acids is 3. The molecule has 0 heterocycles. The van der Waals surface area contributed by atoms with Gasteiger partial charge in [0.05, 0.1) is 10.6 Å². The van der Waals surface area contributed by atoms with E-state index in [0.29, 0.717) is 21.8 Å². The number of benzene rings is 1. The number of allylic oxidation sites excluding steroid dienone is 2. The van der Waals surface area contributed by atoms with Gasteiger partial charge in [-0.2, -0.15) is 0 Å². The van der Waals surface area contributed by atoms with E-state index in [0.717, 1.165) is 0 Å². The number of aliphatic hydroxyl groups is 3. The summed E-state index contributed by atoms with van der Waals surface area (Å²) >= 11 is 5.05. The minimum Gasteiger partial charge on any atom is -0.511 e. The molecular formula is C24H27N3O7S. The van der Waals surface area contributed by atoms with Crippen molar-refractivity contribution in [1.29, 1.82) is 0 Å². The highest BCUT2D eigenvalue weighted by atomic mass is 32.1. The molecule has 0 radical (unpaired) electrons. The van der Waals surface area contributed by atoms with E-state index < -0.39 is 52.0 Å². The fraction of sp³-hybridized carbons (Fsp3) is 0.417. The van der Waals surface area contributed by atoms with Crippen LogP contribution in [0.3, 0.4) is 0 Å². The summed E-state index contributed by atoms with van der Waals surface area (Å²) in [7, 11) is 3.60. The second-order valence-corrected chi connectivity index (χ2v) is 10.1. The highest BCUT2D eigenvalue weighted by molar-refractivity contribution is 7.80. The molecule has 0 saturated heterocycles. The average Bonchev–Trinajstić information content (AvgIpc) is 2.75. The largest absolute Gasteiger partial charge is 0.511 e. The summed E-state index contributed by atoms with van der Waals surface area (Å²) in [5, 5.41) is 46.7. The first-order valence-corrected chi connectivity index (χ1v) is 11.5. The van der Waals surface area contributed by atoms with Gasteiger partial charge < -0.3 is 36.4 Å². The molecule has 0 bridgehead atoms. The zero-order chi connectivity index (χ0) is 26.0. The zero-order valence-corrected chi connectivity index (χ0v) is 20.3. The molecule has 11 heteroatoms. The van der Waals surface area contributed by atoms with Crippen molar-refractivity contribution in [2.75, 3.05) is 19.0 Å². The minimum atomic E-state index is -2.58. The number of hydrogen-bond donors (Lipinski definition) is 6. The third kappa shape index (κ3) is 3.57. The maximum atomic E-state index is 13.7. The first-order valence-electron chi connectivity index (χ1n) is 11.1. The lowest BCUT2D eigenvalue weighted by molar-refractivity contribution is -0.144. The number of Topliss-reactive ketones (excluding diaryl/α,β-unsaturated/α-hetero) is 2. The number of rotatable bonds is 4. The molecule has 0 aromatic heterocycles. The van der Waals surface area contributed by atoms with Gasteiger partial charge in [-0.05, 0) is 37.3 Å². The Morgan fingerprint density at radius 1 is 1.26 bits per heavy atom. The number of fused-ring (bicyclic) bond motifs is 3. The van der Waals surface area contributed by atoms with Crippen molar-refractivity contribution in [3.63, 3.8) is 0 Å². The van der Waals surface area contributed by atoms with E-state index in [1.165, 1.54) is 0 Å². The Kier molecular flexibility index (Phi) is 5.89. The number of aromatic hydroxyl groups is 1.